The second-order valence-corrected chi connectivity index (χ2v) is 6.02. The van der Waals surface area contributed by atoms with Crippen LogP contribution in [0.1, 0.15) is 43.0 Å². The summed E-state index contributed by atoms with van der Waals surface area (Å²) >= 11 is 0. The van der Waals surface area contributed by atoms with Gasteiger partial charge in [-0.2, -0.15) is 0 Å². The Labute approximate surface area is 126 Å². The quantitative estimate of drug-likeness (QED) is 0.778. The van der Waals surface area contributed by atoms with E-state index in [0.717, 1.165) is 6.42 Å². The summed E-state index contributed by atoms with van der Waals surface area (Å²) in [6, 6.07) is 4.85. The molecule has 2 unspecified atom stereocenters. The molecule has 0 saturated heterocycles. The van der Waals surface area contributed by atoms with Gasteiger partial charge in [-0.3, -0.25) is 9.69 Å². The minimum atomic E-state index is -0.489. The Morgan fingerprint density at radius 1 is 1.38 bits per heavy atom. The molecule has 2 atom stereocenters. The number of nitrogens with zero attached hydrogens (tertiary/aromatic N) is 1. The fraction of sp³-hybridized carbons (Fsp3) is 0.588. The minimum absolute atomic E-state index is 0.0446. The van der Waals surface area contributed by atoms with E-state index in [1.807, 2.05) is 7.05 Å². The van der Waals surface area contributed by atoms with Gasteiger partial charge in [0.1, 0.15) is 0 Å². The zero-order valence-corrected chi connectivity index (χ0v) is 13.1. The van der Waals surface area contributed by atoms with Crippen molar-refractivity contribution in [1.29, 1.82) is 0 Å². The van der Waals surface area contributed by atoms with Crippen molar-refractivity contribution in [3.63, 3.8) is 0 Å². The van der Waals surface area contributed by atoms with Crippen molar-refractivity contribution in [2.45, 2.75) is 38.6 Å². The van der Waals surface area contributed by atoms with Gasteiger partial charge in [-0.05, 0) is 44.0 Å². The molecule has 116 valence electrons. The SMILES string of the molecule is COc1ccc(C(=O)CN(C)C2CCCCC2C)cc1F. The van der Waals surface area contributed by atoms with Crippen LogP contribution in [0.25, 0.3) is 0 Å². The van der Waals surface area contributed by atoms with Crippen LogP contribution in [0, 0.1) is 11.7 Å². The first-order chi connectivity index (χ1) is 10.0. The van der Waals surface area contributed by atoms with Crippen molar-refractivity contribution >= 4 is 5.78 Å². The minimum Gasteiger partial charge on any atom is -0.494 e. The average molecular weight is 293 g/mol. The summed E-state index contributed by atoms with van der Waals surface area (Å²) in [5, 5.41) is 0. The summed E-state index contributed by atoms with van der Waals surface area (Å²) in [7, 11) is 3.41. The number of carbonyl (C=O) groups excluding carboxylic acids is 1. The molecule has 1 aliphatic carbocycles. The summed E-state index contributed by atoms with van der Waals surface area (Å²) in [6.07, 6.45) is 4.87. The highest BCUT2D eigenvalue weighted by atomic mass is 19.1. The van der Waals surface area contributed by atoms with Gasteiger partial charge in [-0.25, -0.2) is 4.39 Å². The van der Waals surface area contributed by atoms with Crippen LogP contribution in [-0.4, -0.2) is 37.4 Å². The number of methoxy groups -OCH3 is 1. The van der Waals surface area contributed by atoms with E-state index in [2.05, 4.69) is 11.8 Å². The van der Waals surface area contributed by atoms with Gasteiger partial charge in [0.2, 0.25) is 0 Å². The third-order valence-corrected chi connectivity index (χ3v) is 4.50. The van der Waals surface area contributed by atoms with Gasteiger partial charge in [0, 0.05) is 11.6 Å². The van der Waals surface area contributed by atoms with E-state index in [9.17, 15) is 9.18 Å². The molecule has 1 saturated carbocycles. The van der Waals surface area contributed by atoms with E-state index in [1.165, 1.54) is 38.5 Å². The second kappa shape index (κ2) is 7.03. The molecule has 1 aromatic rings. The van der Waals surface area contributed by atoms with Crippen molar-refractivity contribution in [1.82, 2.24) is 4.90 Å². The number of halogens is 1. The molecule has 0 aliphatic heterocycles. The summed E-state index contributed by atoms with van der Waals surface area (Å²) < 4.78 is 18.5. The molecule has 4 heteroatoms. The van der Waals surface area contributed by atoms with Gasteiger partial charge < -0.3 is 4.74 Å². The van der Waals surface area contributed by atoms with Crippen molar-refractivity contribution < 1.29 is 13.9 Å². The molecule has 0 aromatic heterocycles. The number of hydrogen-bond acceptors (Lipinski definition) is 3. The van der Waals surface area contributed by atoms with Crippen molar-refractivity contribution in [3.05, 3.63) is 29.6 Å². The Hall–Kier alpha value is -1.42. The monoisotopic (exact) mass is 293 g/mol. The van der Waals surface area contributed by atoms with Gasteiger partial charge in [-0.1, -0.05) is 19.8 Å². The third-order valence-electron chi connectivity index (χ3n) is 4.50. The van der Waals surface area contributed by atoms with Crippen molar-refractivity contribution in [2.24, 2.45) is 5.92 Å². The summed E-state index contributed by atoms with van der Waals surface area (Å²) in [5.41, 5.74) is 0.406. The van der Waals surface area contributed by atoms with E-state index in [4.69, 9.17) is 4.74 Å². The van der Waals surface area contributed by atoms with Crippen molar-refractivity contribution in [2.75, 3.05) is 20.7 Å². The number of likely N-dealkylation sites (N-methyl/N-ethyl adjacent to an activating group) is 1. The third kappa shape index (κ3) is 3.82. The van der Waals surface area contributed by atoms with Crippen LogP contribution in [0.15, 0.2) is 18.2 Å². The Balaban J connectivity index is 2.01. The van der Waals surface area contributed by atoms with E-state index in [0.29, 0.717) is 24.1 Å². The fourth-order valence-electron chi connectivity index (χ4n) is 3.23. The maximum absolute atomic E-state index is 13.7. The van der Waals surface area contributed by atoms with E-state index in [1.54, 1.807) is 6.07 Å². The van der Waals surface area contributed by atoms with Gasteiger partial charge in [0.05, 0.1) is 13.7 Å². The van der Waals surface area contributed by atoms with Crippen LogP contribution in [0.3, 0.4) is 0 Å². The highest BCUT2D eigenvalue weighted by Crippen LogP contribution is 2.27. The highest BCUT2D eigenvalue weighted by Gasteiger charge is 2.26. The first-order valence-electron chi connectivity index (χ1n) is 7.60. The predicted octanol–water partition coefficient (Wildman–Crippen LogP) is 3.53. The molecule has 3 nitrogen and oxygen atoms in total. The maximum Gasteiger partial charge on any atom is 0.176 e. The van der Waals surface area contributed by atoms with Gasteiger partial charge in [0.25, 0.3) is 0 Å². The van der Waals surface area contributed by atoms with E-state index < -0.39 is 5.82 Å². The lowest BCUT2D eigenvalue weighted by molar-refractivity contribution is 0.0850. The highest BCUT2D eigenvalue weighted by molar-refractivity contribution is 5.97. The van der Waals surface area contributed by atoms with Crippen molar-refractivity contribution in [3.8, 4) is 5.75 Å². The average Bonchev–Trinajstić information content (AvgIpc) is 2.47. The molecule has 2 rings (SSSR count). The normalized spacial score (nSPS) is 22.3. The molecule has 0 spiro atoms. The van der Waals surface area contributed by atoms with Crippen LogP contribution < -0.4 is 4.74 Å². The topological polar surface area (TPSA) is 29.5 Å². The molecule has 0 heterocycles. The molecule has 0 radical (unpaired) electrons. The Bertz CT molecular complexity index is 504. The second-order valence-electron chi connectivity index (χ2n) is 6.02. The first-order valence-corrected chi connectivity index (χ1v) is 7.60. The van der Waals surface area contributed by atoms with E-state index >= 15 is 0 Å². The zero-order valence-electron chi connectivity index (χ0n) is 13.1. The number of ether oxygens (including phenoxy) is 1. The first kappa shape index (κ1) is 16.0. The molecule has 0 amide bonds. The molecule has 1 aliphatic rings. The predicted molar refractivity (Wildman–Crippen MR) is 81.3 cm³/mol. The number of rotatable bonds is 5. The molecular weight excluding hydrogens is 269 g/mol. The number of ketones is 1. The Morgan fingerprint density at radius 2 is 2.10 bits per heavy atom. The van der Waals surface area contributed by atoms with Gasteiger partial charge in [0.15, 0.2) is 17.3 Å². The Morgan fingerprint density at radius 3 is 2.71 bits per heavy atom. The number of benzene rings is 1. The lowest BCUT2D eigenvalue weighted by atomic mass is 9.85. The lowest BCUT2D eigenvalue weighted by Crippen LogP contribution is -2.41. The van der Waals surface area contributed by atoms with Gasteiger partial charge >= 0.3 is 0 Å². The number of Topliss-reactive ketones (excluding diaryl/α,β-unsaturated/α-hetero) is 1. The molecule has 0 N–H and O–H groups in total. The van der Waals surface area contributed by atoms with E-state index in [-0.39, 0.29) is 11.5 Å². The zero-order chi connectivity index (χ0) is 15.4. The molecule has 21 heavy (non-hydrogen) atoms. The van der Waals surface area contributed by atoms with Crippen LogP contribution in [0.5, 0.6) is 5.75 Å². The standard InChI is InChI=1S/C17H24FNO2/c1-12-6-4-5-7-15(12)19(2)11-16(20)13-8-9-17(21-3)14(18)10-13/h8-10,12,15H,4-7,11H2,1-3H3. The molecular formula is C17H24FNO2. The summed E-state index contributed by atoms with van der Waals surface area (Å²) in [4.78, 5) is 14.4. The summed E-state index contributed by atoms with van der Waals surface area (Å²) in [6.45, 7) is 2.58. The molecule has 0 bridgehead atoms. The van der Waals surface area contributed by atoms with Crippen LogP contribution in [0.2, 0.25) is 0 Å². The van der Waals surface area contributed by atoms with Gasteiger partial charge in [-0.15, -0.1) is 0 Å². The largest absolute Gasteiger partial charge is 0.494 e. The Kier molecular flexibility index (Phi) is 5.34. The molecule has 1 aromatic carbocycles. The number of hydrogen-bond donors (Lipinski definition) is 0. The maximum atomic E-state index is 13.7. The smallest absolute Gasteiger partial charge is 0.176 e. The fourth-order valence-corrected chi connectivity index (χ4v) is 3.23. The number of carbonyl (C=O) groups is 1. The van der Waals surface area contributed by atoms with Crippen LogP contribution >= 0.6 is 0 Å². The van der Waals surface area contributed by atoms with Crippen LogP contribution in [-0.2, 0) is 0 Å². The summed E-state index contributed by atoms with van der Waals surface area (Å²) in [5.74, 6) is 0.249. The molecule has 1 fully saturated rings. The lowest BCUT2D eigenvalue weighted by Gasteiger charge is -2.35. The van der Waals surface area contributed by atoms with Crippen LogP contribution in [0.4, 0.5) is 4.39 Å².